The SMILES string of the molecule is COc1ccc(C2(c3ccc(OC)c(OC)c3)CCCO2)cc1OC. The molecular formula is C20H24O5. The van der Waals surface area contributed by atoms with Crippen LogP contribution in [0.25, 0.3) is 0 Å². The average molecular weight is 344 g/mol. The van der Waals surface area contributed by atoms with Crippen molar-refractivity contribution in [1.29, 1.82) is 0 Å². The van der Waals surface area contributed by atoms with E-state index in [0.717, 1.165) is 24.0 Å². The van der Waals surface area contributed by atoms with Crippen molar-refractivity contribution in [1.82, 2.24) is 0 Å². The normalized spacial score (nSPS) is 15.7. The molecule has 1 aliphatic rings. The van der Waals surface area contributed by atoms with Gasteiger partial charge in [0.1, 0.15) is 5.60 Å². The van der Waals surface area contributed by atoms with E-state index in [-0.39, 0.29) is 0 Å². The maximum absolute atomic E-state index is 6.27. The van der Waals surface area contributed by atoms with Crippen molar-refractivity contribution in [3.63, 3.8) is 0 Å². The molecule has 2 aromatic carbocycles. The molecule has 0 saturated carbocycles. The zero-order valence-corrected chi connectivity index (χ0v) is 15.1. The largest absolute Gasteiger partial charge is 0.493 e. The monoisotopic (exact) mass is 344 g/mol. The van der Waals surface area contributed by atoms with Crippen molar-refractivity contribution in [2.75, 3.05) is 35.0 Å². The van der Waals surface area contributed by atoms with Gasteiger partial charge in [0.2, 0.25) is 0 Å². The van der Waals surface area contributed by atoms with E-state index in [2.05, 4.69) is 0 Å². The number of hydrogen-bond acceptors (Lipinski definition) is 5. The van der Waals surface area contributed by atoms with Gasteiger partial charge in [-0.3, -0.25) is 0 Å². The molecule has 25 heavy (non-hydrogen) atoms. The smallest absolute Gasteiger partial charge is 0.161 e. The van der Waals surface area contributed by atoms with Crippen molar-refractivity contribution in [2.45, 2.75) is 18.4 Å². The van der Waals surface area contributed by atoms with Crippen molar-refractivity contribution in [3.8, 4) is 23.0 Å². The van der Waals surface area contributed by atoms with Crippen molar-refractivity contribution >= 4 is 0 Å². The van der Waals surface area contributed by atoms with Gasteiger partial charge >= 0.3 is 0 Å². The summed E-state index contributed by atoms with van der Waals surface area (Å²) in [4.78, 5) is 0. The van der Waals surface area contributed by atoms with Gasteiger partial charge in [-0.05, 0) is 48.2 Å². The Kier molecular flexibility index (Phi) is 5.04. The zero-order valence-electron chi connectivity index (χ0n) is 15.1. The number of methoxy groups -OCH3 is 4. The minimum Gasteiger partial charge on any atom is -0.493 e. The van der Waals surface area contributed by atoms with Gasteiger partial charge in [-0.2, -0.15) is 0 Å². The molecule has 0 spiro atoms. The third kappa shape index (κ3) is 3.00. The molecule has 0 amide bonds. The van der Waals surface area contributed by atoms with Crippen molar-refractivity contribution < 1.29 is 23.7 Å². The van der Waals surface area contributed by atoms with Gasteiger partial charge in [-0.15, -0.1) is 0 Å². The fraction of sp³-hybridized carbons (Fsp3) is 0.400. The third-order valence-electron chi connectivity index (χ3n) is 4.72. The van der Waals surface area contributed by atoms with Crippen LogP contribution in [0.1, 0.15) is 24.0 Å². The molecule has 134 valence electrons. The molecule has 2 aromatic rings. The fourth-order valence-corrected chi connectivity index (χ4v) is 3.44. The van der Waals surface area contributed by atoms with Crippen LogP contribution in [0.3, 0.4) is 0 Å². The van der Waals surface area contributed by atoms with Crippen LogP contribution in [-0.4, -0.2) is 35.0 Å². The minimum absolute atomic E-state index is 0.529. The highest BCUT2D eigenvalue weighted by molar-refractivity contribution is 5.51. The highest BCUT2D eigenvalue weighted by atomic mass is 16.5. The maximum atomic E-state index is 6.27. The Morgan fingerprint density at radius 1 is 0.720 bits per heavy atom. The standard InChI is InChI=1S/C20H24O5/c1-21-16-8-6-14(12-18(16)23-3)20(10-5-11-25-20)15-7-9-17(22-2)19(13-15)24-4/h6-9,12-13H,5,10-11H2,1-4H3. The topological polar surface area (TPSA) is 46.2 Å². The second-order valence-electron chi connectivity index (χ2n) is 5.92. The lowest BCUT2D eigenvalue weighted by molar-refractivity contribution is 0.0355. The zero-order chi connectivity index (χ0) is 17.9. The van der Waals surface area contributed by atoms with Crippen LogP contribution >= 0.6 is 0 Å². The summed E-state index contributed by atoms with van der Waals surface area (Å²) < 4.78 is 27.9. The van der Waals surface area contributed by atoms with E-state index >= 15 is 0 Å². The second-order valence-corrected chi connectivity index (χ2v) is 5.92. The molecule has 0 bridgehead atoms. The lowest BCUT2D eigenvalue weighted by Gasteiger charge is -2.30. The molecule has 1 aliphatic heterocycles. The molecule has 0 unspecified atom stereocenters. The highest BCUT2D eigenvalue weighted by Crippen LogP contribution is 2.46. The lowest BCUT2D eigenvalue weighted by Crippen LogP contribution is -2.26. The molecule has 0 radical (unpaired) electrons. The van der Waals surface area contributed by atoms with Crippen LogP contribution in [-0.2, 0) is 10.3 Å². The third-order valence-corrected chi connectivity index (χ3v) is 4.72. The minimum atomic E-state index is -0.529. The summed E-state index contributed by atoms with van der Waals surface area (Å²) in [7, 11) is 6.54. The van der Waals surface area contributed by atoms with Crippen LogP contribution < -0.4 is 18.9 Å². The van der Waals surface area contributed by atoms with Gasteiger partial charge in [0, 0.05) is 6.61 Å². The summed E-state index contributed by atoms with van der Waals surface area (Å²) in [6, 6.07) is 11.9. The van der Waals surface area contributed by atoms with E-state index in [1.807, 2.05) is 36.4 Å². The first-order chi connectivity index (χ1) is 12.2. The average Bonchev–Trinajstić information content (AvgIpc) is 3.17. The van der Waals surface area contributed by atoms with Crippen LogP contribution in [0.5, 0.6) is 23.0 Å². The molecule has 0 atom stereocenters. The predicted molar refractivity (Wildman–Crippen MR) is 95.1 cm³/mol. The van der Waals surface area contributed by atoms with Crippen LogP contribution in [0.4, 0.5) is 0 Å². The van der Waals surface area contributed by atoms with E-state index in [9.17, 15) is 0 Å². The summed E-state index contributed by atoms with van der Waals surface area (Å²) in [5, 5.41) is 0. The number of hydrogen-bond donors (Lipinski definition) is 0. The van der Waals surface area contributed by atoms with E-state index < -0.39 is 5.60 Å². The van der Waals surface area contributed by atoms with Crippen LogP contribution in [0, 0.1) is 0 Å². The lowest BCUT2D eigenvalue weighted by atomic mass is 9.83. The Morgan fingerprint density at radius 2 is 1.20 bits per heavy atom. The Morgan fingerprint density at radius 3 is 1.56 bits per heavy atom. The van der Waals surface area contributed by atoms with E-state index in [4.69, 9.17) is 23.7 Å². The molecular weight excluding hydrogens is 320 g/mol. The first kappa shape index (κ1) is 17.4. The molecule has 5 nitrogen and oxygen atoms in total. The van der Waals surface area contributed by atoms with Gasteiger partial charge in [0.05, 0.1) is 28.4 Å². The Labute approximate surface area is 148 Å². The number of rotatable bonds is 6. The molecule has 1 heterocycles. The summed E-state index contributed by atoms with van der Waals surface area (Å²) >= 11 is 0. The Balaban J connectivity index is 2.12. The summed E-state index contributed by atoms with van der Waals surface area (Å²) in [6.07, 6.45) is 1.88. The Bertz CT molecular complexity index is 677. The van der Waals surface area contributed by atoms with Crippen LogP contribution in [0.2, 0.25) is 0 Å². The predicted octanol–water partition coefficient (Wildman–Crippen LogP) is 3.78. The fourth-order valence-electron chi connectivity index (χ4n) is 3.44. The Hall–Kier alpha value is -2.40. The van der Waals surface area contributed by atoms with Crippen molar-refractivity contribution in [3.05, 3.63) is 47.5 Å². The van der Waals surface area contributed by atoms with E-state index in [1.165, 1.54) is 0 Å². The number of ether oxygens (including phenoxy) is 5. The summed E-state index contributed by atoms with van der Waals surface area (Å²) in [5.41, 5.74) is 1.55. The van der Waals surface area contributed by atoms with Gasteiger partial charge in [0.25, 0.3) is 0 Å². The first-order valence-corrected chi connectivity index (χ1v) is 8.27. The molecule has 5 heteroatoms. The molecule has 0 aromatic heterocycles. The molecule has 1 saturated heterocycles. The quantitative estimate of drug-likeness (QED) is 0.798. The second kappa shape index (κ2) is 7.23. The van der Waals surface area contributed by atoms with Crippen molar-refractivity contribution in [2.24, 2.45) is 0 Å². The number of benzene rings is 2. The molecule has 1 fully saturated rings. The highest BCUT2D eigenvalue weighted by Gasteiger charge is 2.40. The first-order valence-electron chi connectivity index (χ1n) is 8.27. The molecule has 0 aliphatic carbocycles. The molecule has 0 N–H and O–H groups in total. The maximum Gasteiger partial charge on any atom is 0.161 e. The van der Waals surface area contributed by atoms with Gasteiger partial charge < -0.3 is 23.7 Å². The van der Waals surface area contributed by atoms with Gasteiger partial charge in [-0.25, -0.2) is 0 Å². The van der Waals surface area contributed by atoms with Gasteiger partial charge in [-0.1, -0.05) is 12.1 Å². The van der Waals surface area contributed by atoms with E-state index in [0.29, 0.717) is 29.6 Å². The molecule has 3 rings (SSSR count). The van der Waals surface area contributed by atoms with Gasteiger partial charge in [0.15, 0.2) is 23.0 Å². The summed E-state index contributed by atoms with van der Waals surface area (Å²) in [6.45, 7) is 0.711. The summed E-state index contributed by atoms with van der Waals surface area (Å²) in [5.74, 6) is 2.78. The van der Waals surface area contributed by atoms with E-state index in [1.54, 1.807) is 28.4 Å². The van der Waals surface area contributed by atoms with Crippen LogP contribution in [0.15, 0.2) is 36.4 Å².